The van der Waals surface area contributed by atoms with Crippen LogP contribution in [-0.4, -0.2) is 28.7 Å². The van der Waals surface area contributed by atoms with Gasteiger partial charge in [0.15, 0.2) is 16.4 Å². The van der Waals surface area contributed by atoms with Gasteiger partial charge in [0.2, 0.25) is 0 Å². The molecule has 0 radical (unpaired) electrons. The van der Waals surface area contributed by atoms with Crippen LogP contribution in [0.15, 0.2) is 41.4 Å². The van der Waals surface area contributed by atoms with Crippen molar-refractivity contribution in [3.8, 4) is 5.75 Å². The molecule has 0 fully saturated rings. The van der Waals surface area contributed by atoms with Crippen molar-refractivity contribution in [1.29, 1.82) is 0 Å². The molecular formula is C17H12ClFN2O4S. The lowest BCUT2D eigenvalue weighted by atomic mass is 10.2. The highest BCUT2D eigenvalue weighted by molar-refractivity contribution is 7.16. The van der Waals surface area contributed by atoms with Crippen LogP contribution in [0.25, 0.3) is 10.2 Å². The van der Waals surface area contributed by atoms with E-state index in [1.54, 1.807) is 12.1 Å². The molecule has 0 aliphatic rings. The predicted molar refractivity (Wildman–Crippen MR) is 95.3 cm³/mol. The number of ether oxygens (including phenoxy) is 1. The van der Waals surface area contributed by atoms with Crippen molar-refractivity contribution in [1.82, 2.24) is 4.57 Å². The Labute approximate surface area is 155 Å². The Morgan fingerprint density at radius 1 is 1.35 bits per heavy atom. The molecule has 0 atom stereocenters. The molecule has 2 aromatic carbocycles. The molecule has 0 spiro atoms. The Morgan fingerprint density at radius 3 is 2.77 bits per heavy atom. The minimum Gasteiger partial charge on any atom is -0.494 e. The maximum absolute atomic E-state index is 14.5. The second kappa shape index (κ2) is 7.27. The van der Waals surface area contributed by atoms with Gasteiger partial charge in [-0.2, -0.15) is 4.99 Å². The zero-order valence-corrected chi connectivity index (χ0v) is 15.0. The summed E-state index contributed by atoms with van der Waals surface area (Å²) in [5, 5.41) is 9.52. The third-order valence-electron chi connectivity index (χ3n) is 3.54. The summed E-state index contributed by atoms with van der Waals surface area (Å²) in [6.07, 6.45) is 0. The van der Waals surface area contributed by atoms with Crippen molar-refractivity contribution in [3.05, 3.63) is 57.6 Å². The van der Waals surface area contributed by atoms with Crippen LogP contribution in [0.5, 0.6) is 5.75 Å². The van der Waals surface area contributed by atoms with Crippen LogP contribution in [0, 0.1) is 5.82 Å². The first kappa shape index (κ1) is 18.1. The maximum Gasteiger partial charge on any atom is 0.323 e. The van der Waals surface area contributed by atoms with Gasteiger partial charge in [0.25, 0.3) is 5.91 Å². The summed E-state index contributed by atoms with van der Waals surface area (Å²) in [5.74, 6) is -2.36. The highest BCUT2D eigenvalue weighted by atomic mass is 35.5. The molecule has 0 saturated carbocycles. The van der Waals surface area contributed by atoms with Crippen LogP contribution in [0.4, 0.5) is 4.39 Å². The quantitative estimate of drug-likeness (QED) is 0.736. The lowest BCUT2D eigenvalue weighted by Crippen LogP contribution is -2.21. The molecule has 0 bridgehead atoms. The number of aliphatic carboxylic acids is 1. The molecule has 0 saturated heterocycles. The molecular weight excluding hydrogens is 383 g/mol. The van der Waals surface area contributed by atoms with Crippen molar-refractivity contribution in [2.45, 2.75) is 6.54 Å². The average molecular weight is 395 g/mol. The first-order valence-corrected chi connectivity index (χ1v) is 8.52. The van der Waals surface area contributed by atoms with E-state index < -0.39 is 24.2 Å². The number of hydrogen-bond donors (Lipinski definition) is 1. The van der Waals surface area contributed by atoms with E-state index >= 15 is 0 Å². The molecule has 0 aliphatic carbocycles. The number of nitrogens with zero attached hydrogens (tertiary/aromatic N) is 2. The standard InChI is InChI=1S/C17H12ClFN2O4S/c1-25-12-6-5-11-15(14(12)19)26-17(21(11)8-13(22)23)20-16(24)9-3-2-4-10(18)7-9/h2-7H,8H2,1H3,(H,22,23)/b20-17-. The van der Waals surface area contributed by atoms with Gasteiger partial charge in [0, 0.05) is 10.6 Å². The minimum atomic E-state index is -1.14. The lowest BCUT2D eigenvalue weighted by Gasteiger charge is -2.04. The van der Waals surface area contributed by atoms with E-state index in [0.717, 1.165) is 11.3 Å². The topological polar surface area (TPSA) is 80.9 Å². The molecule has 6 nitrogen and oxygen atoms in total. The molecule has 1 aromatic heterocycles. The monoisotopic (exact) mass is 394 g/mol. The number of thiazole rings is 1. The molecule has 0 aliphatic heterocycles. The number of carbonyl (C=O) groups is 2. The van der Waals surface area contributed by atoms with Crippen molar-refractivity contribution < 1.29 is 23.8 Å². The number of carboxylic acid groups (broad SMARTS) is 1. The number of carbonyl (C=O) groups excluding carboxylic acids is 1. The first-order valence-electron chi connectivity index (χ1n) is 7.33. The zero-order chi connectivity index (χ0) is 18.8. The summed E-state index contributed by atoms with van der Waals surface area (Å²) in [4.78, 5) is 27.6. The Kier molecular flexibility index (Phi) is 5.06. The van der Waals surface area contributed by atoms with Gasteiger partial charge >= 0.3 is 5.97 Å². The number of benzene rings is 2. The molecule has 3 aromatic rings. The molecule has 134 valence electrons. The van der Waals surface area contributed by atoms with Gasteiger partial charge in [-0.15, -0.1) is 0 Å². The fourth-order valence-electron chi connectivity index (χ4n) is 2.39. The van der Waals surface area contributed by atoms with E-state index in [1.165, 1.54) is 35.9 Å². The van der Waals surface area contributed by atoms with Gasteiger partial charge in [-0.1, -0.05) is 29.0 Å². The number of amides is 1. The average Bonchev–Trinajstić information content (AvgIpc) is 2.93. The fraction of sp³-hybridized carbons (Fsp3) is 0.118. The number of methoxy groups -OCH3 is 1. The molecule has 26 heavy (non-hydrogen) atoms. The van der Waals surface area contributed by atoms with E-state index in [1.807, 2.05) is 0 Å². The third-order valence-corrected chi connectivity index (χ3v) is 4.86. The van der Waals surface area contributed by atoms with Crippen LogP contribution in [0.2, 0.25) is 5.02 Å². The van der Waals surface area contributed by atoms with Gasteiger partial charge in [-0.05, 0) is 30.3 Å². The number of fused-ring (bicyclic) bond motifs is 1. The van der Waals surface area contributed by atoms with Gasteiger partial charge < -0.3 is 14.4 Å². The number of halogens is 2. The van der Waals surface area contributed by atoms with Gasteiger partial charge in [0.05, 0.1) is 17.3 Å². The number of hydrogen-bond acceptors (Lipinski definition) is 4. The normalized spacial score (nSPS) is 11.7. The summed E-state index contributed by atoms with van der Waals surface area (Å²) < 4.78 is 20.9. The first-order chi connectivity index (χ1) is 12.4. The maximum atomic E-state index is 14.5. The summed E-state index contributed by atoms with van der Waals surface area (Å²) in [5.41, 5.74) is 0.559. The highest BCUT2D eigenvalue weighted by Gasteiger charge is 2.17. The smallest absolute Gasteiger partial charge is 0.323 e. The van der Waals surface area contributed by atoms with Crippen molar-refractivity contribution in [2.24, 2.45) is 4.99 Å². The van der Waals surface area contributed by atoms with Crippen LogP contribution in [0.1, 0.15) is 10.4 Å². The molecule has 9 heteroatoms. The number of carboxylic acids is 1. The SMILES string of the molecule is COc1ccc2c(s/c(=N\C(=O)c3cccc(Cl)c3)n2CC(=O)O)c1F. The highest BCUT2D eigenvalue weighted by Crippen LogP contribution is 2.28. The van der Waals surface area contributed by atoms with Crippen molar-refractivity contribution in [3.63, 3.8) is 0 Å². The van der Waals surface area contributed by atoms with E-state index in [2.05, 4.69) is 4.99 Å². The Bertz CT molecular complexity index is 1090. The second-order valence-corrected chi connectivity index (χ2v) is 6.64. The Balaban J connectivity index is 2.22. The van der Waals surface area contributed by atoms with E-state index in [0.29, 0.717) is 10.5 Å². The third kappa shape index (κ3) is 3.47. The van der Waals surface area contributed by atoms with Gasteiger partial charge in [-0.25, -0.2) is 4.39 Å². The fourth-order valence-corrected chi connectivity index (χ4v) is 3.64. The van der Waals surface area contributed by atoms with Crippen molar-refractivity contribution in [2.75, 3.05) is 7.11 Å². The van der Waals surface area contributed by atoms with Gasteiger partial charge in [0.1, 0.15) is 6.54 Å². The minimum absolute atomic E-state index is 0.0222. The van der Waals surface area contributed by atoms with Crippen LogP contribution in [-0.2, 0) is 11.3 Å². The number of rotatable bonds is 4. The van der Waals surface area contributed by atoms with Gasteiger partial charge in [-0.3, -0.25) is 9.59 Å². The van der Waals surface area contributed by atoms with Crippen LogP contribution < -0.4 is 9.54 Å². The van der Waals surface area contributed by atoms with Crippen LogP contribution >= 0.6 is 22.9 Å². The molecule has 1 heterocycles. The Hall–Kier alpha value is -2.71. The van der Waals surface area contributed by atoms with E-state index in [9.17, 15) is 14.0 Å². The Morgan fingerprint density at radius 2 is 2.12 bits per heavy atom. The van der Waals surface area contributed by atoms with Crippen LogP contribution in [0.3, 0.4) is 0 Å². The largest absolute Gasteiger partial charge is 0.494 e. The zero-order valence-electron chi connectivity index (χ0n) is 13.4. The predicted octanol–water partition coefficient (Wildman–Crippen LogP) is 3.33. The summed E-state index contributed by atoms with van der Waals surface area (Å²) in [6.45, 7) is -0.465. The second-order valence-electron chi connectivity index (χ2n) is 5.22. The van der Waals surface area contributed by atoms with E-state index in [-0.39, 0.29) is 20.8 Å². The van der Waals surface area contributed by atoms with E-state index in [4.69, 9.17) is 21.4 Å². The lowest BCUT2D eigenvalue weighted by molar-refractivity contribution is -0.137. The summed E-state index contributed by atoms with van der Waals surface area (Å²) in [6, 6.07) is 9.13. The molecule has 1 amide bonds. The van der Waals surface area contributed by atoms with Crippen molar-refractivity contribution >= 4 is 45.0 Å². The molecule has 0 unspecified atom stereocenters. The number of aromatic nitrogens is 1. The summed E-state index contributed by atoms with van der Waals surface area (Å²) in [7, 11) is 1.33. The summed E-state index contributed by atoms with van der Waals surface area (Å²) >= 11 is 6.75. The molecule has 1 N–H and O–H groups in total. The molecule has 3 rings (SSSR count).